The maximum Gasteiger partial charge on any atom is 0.0640 e. The van der Waals surface area contributed by atoms with Gasteiger partial charge in [0.1, 0.15) is 0 Å². The highest BCUT2D eigenvalue weighted by atomic mass is 32.1. The van der Waals surface area contributed by atoms with Gasteiger partial charge in [0.05, 0.1) is 5.49 Å². The Morgan fingerprint density at radius 1 is 1.00 bits per heavy atom. The molecule has 2 heteroatoms. The molecule has 68 valence electrons. The molecule has 0 aromatic rings. The van der Waals surface area contributed by atoms with Crippen molar-refractivity contribution in [2.75, 3.05) is 13.1 Å². The van der Waals surface area contributed by atoms with Gasteiger partial charge in [-0.05, 0) is 31.1 Å². The van der Waals surface area contributed by atoms with Crippen LogP contribution in [-0.4, -0.2) is 23.5 Å². The number of rotatable bonds is 1. The van der Waals surface area contributed by atoms with Crippen LogP contribution in [0, 0.1) is 5.41 Å². The first-order valence-electron chi connectivity index (χ1n) is 5.04. The number of nitrogens with zero attached hydrogens (tertiary/aromatic N) is 1. The predicted octanol–water partition coefficient (Wildman–Crippen LogP) is 2.60. The molecule has 1 nitrogen and oxygen atoms in total. The van der Waals surface area contributed by atoms with Gasteiger partial charge in [-0.25, -0.2) is 0 Å². The number of hydrogen-bond donors (Lipinski definition) is 0. The molecule has 12 heavy (non-hydrogen) atoms. The first kappa shape index (κ1) is 8.49. The molecule has 0 aromatic carbocycles. The van der Waals surface area contributed by atoms with Crippen molar-refractivity contribution in [3.63, 3.8) is 0 Å². The molecule has 0 radical (unpaired) electrons. The average molecular weight is 183 g/mol. The highest BCUT2D eigenvalue weighted by molar-refractivity contribution is 7.78. The lowest BCUT2D eigenvalue weighted by atomic mass is 9.77. The summed E-state index contributed by atoms with van der Waals surface area (Å²) < 4.78 is 0. The number of hydrogen-bond acceptors (Lipinski definition) is 1. The Balaban J connectivity index is 1.92. The van der Waals surface area contributed by atoms with Crippen molar-refractivity contribution in [3.05, 3.63) is 0 Å². The van der Waals surface area contributed by atoms with Gasteiger partial charge >= 0.3 is 0 Å². The lowest BCUT2D eigenvalue weighted by molar-refractivity contribution is 0.158. The van der Waals surface area contributed by atoms with E-state index in [0.29, 0.717) is 0 Å². The van der Waals surface area contributed by atoms with Crippen LogP contribution in [0.4, 0.5) is 0 Å². The van der Waals surface area contributed by atoms with Crippen molar-refractivity contribution in [3.8, 4) is 0 Å². The van der Waals surface area contributed by atoms with Crippen molar-refractivity contribution in [1.29, 1.82) is 0 Å². The first-order chi connectivity index (χ1) is 5.85. The van der Waals surface area contributed by atoms with Gasteiger partial charge in [0.15, 0.2) is 0 Å². The summed E-state index contributed by atoms with van der Waals surface area (Å²) in [7, 11) is 0. The standard InChI is InChI=1S/C10H17NS/c12-9-11-7-5-10(6-8-11)3-1-2-4-10/h9H,1-8H2. The van der Waals surface area contributed by atoms with Crippen molar-refractivity contribution < 1.29 is 0 Å². The van der Waals surface area contributed by atoms with Gasteiger partial charge in [-0.15, -0.1) is 0 Å². The van der Waals surface area contributed by atoms with Gasteiger partial charge in [0, 0.05) is 13.1 Å². The molecule has 2 aliphatic rings. The van der Waals surface area contributed by atoms with E-state index >= 15 is 0 Å². The van der Waals surface area contributed by atoms with Crippen LogP contribution in [-0.2, 0) is 0 Å². The summed E-state index contributed by atoms with van der Waals surface area (Å²) >= 11 is 4.94. The molecule has 0 N–H and O–H groups in total. The molecule has 1 aliphatic carbocycles. The third kappa shape index (κ3) is 1.49. The van der Waals surface area contributed by atoms with E-state index in [4.69, 9.17) is 12.2 Å². The van der Waals surface area contributed by atoms with Crippen molar-refractivity contribution >= 4 is 17.7 Å². The molecule has 1 aliphatic heterocycles. The van der Waals surface area contributed by atoms with Crippen LogP contribution >= 0.6 is 12.2 Å². The van der Waals surface area contributed by atoms with E-state index in [-0.39, 0.29) is 0 Å². The van der Waals surface area contributed by atoms with E-state index in [9.17, 15) is 0 Å². The quantitative estimate of drug-likeness (QED) is 0.575. The Morgan fingerprint density at radius 3 is 2.08 bits per heavy atom. The summed E-state index contributed by atoms with van der Waals surface area (Å²) in [6.45, 7) is 2.42. The Kier molecular flexibility index (Phi) is 2.35. The van der Waals surface area contributed by atoms with Crippen molar-refractivity contribution in [2.24, 2.45) is 5.41 Å². The number of piperidine rings is 1. The van der Waals surface area contributed by atoms with Crippen molar-refractivity contribution in [2.45, 2.75) is 38.5 Å². The summed E-state index contributed by atoms with van der Waals surface area (Å²) in [6.07, 6.45) is 8.69. The summed E-state index contributed by atoms with van der Waals surface area (Å²) in [5.41, 5.74) is 2.58. The second kappa shape index (κ2) is 3.33. The first-order valence-corrected chi connectivity index (χ1v) is 5.51. The second-order valence-electron chi connectivity index (χ2n) is 4.35. The van der Waals surface area contributed by atoms with Crippen LogP contribution in [0.5, 0.6) is 0 Å². The van der Waals surface area contributed by atoms with E-state index in [1.165, 1.54) is 51.6 Å². The number of likely N-dealkylation sites (tertiary alicyclic amines) is 1. The molecule has 0 bridgehead atoms. The van der Waals surface area contributed by atoms with Crippen LogP contribution in [0.2, 0.25) is 0 Å². The second-order valence-corrected chi connectivity index (χ2v) is 4.56. The van der Waals surface area contributed by atoms with Gasteiger partial charge in [0.25, 0.3) is 0 Å². The largest absolute Gasteiger partial charge is 0.369 e. The maximum absolute atomic E-state index is 4.94. The SMILES string of the molecule is S=CN1CCC2(CCCC2)CC1. The maximum atomic E-state index is 4.94. The van der Waals surface area contributed by atoms with Crippen LogP contribution in [0.25, 0.3) is 0 Å². The molecule has 1 saturated carbocycles. The van der Waals surface area contributed by atoms with Crippen LogP contribution in [0.15, 0.2) is 0 Å². The summed E-state index contributed by atoms with van der Waals surface area (Å²) in [5, 5.41) is 0. The third-order valence-corrected chi connectivity index (χ3v) is 3.97. The fourth-order valence-electron chi connectivity index (χ4n) is 2.73. The molecular formula is C10H17NS. The summed E-state index contributed by atoms with van der Waals surface area (Å²) in [5.74, 6) is 0. The Morgan fingerprint density at radius 2 is 1.58 bits per heavy atom. The lowest BCUT2D eigenvalue weighted by Gasteiger charge is -2.38. The fourth-order valence-corrected chi connectivity index (χ4v) is 2.94. The summed E-state index contributed by atoms with van der Waals surface area (Å²) in [6, 6.07) is 0. The molecule has 0 amide bonds. The lowest BCUT2D eigenvalue weighted by Crippen LogP contribution is -2.37. The van der Waals surface area contributed by atoms with Gasteiger partial charge in [-0.3, -0.25) is 0 Å². The molecule has 0 unspecified atom stereocenters. The van der Waals surface area contributed by atoms with Crippen molar-refractivity contribution in [1.82, 2.24) is 4.90 Å². The average Bonchev–Trinajstić information content (AvgIpc) is 2.55. The normalized spacial score (nSPS) is 27.8. The van der Waals surface area contributed by atoms with E-state index < -0.39 is 0 Å². The Hall–Kier alpha value is -0.110. The van der Waals surface area contributed by atoms with Crippen LogP contribution < -0.4 is 0 Å². The predicted molar refractivity (Wildman–Crippen MR) is 55.4 cm³/mol. The molecule has 2 rings (SSSR count). The monoisotopic (exact) mass is 183 g/mol. The third-order valence-electron chi connectivity index (χ3n) is 3.67. The molecule has 2 fully saturated rings. The zero-order chi connectivity index (χ0) is 8.44. The smallest absolute Gasteiger partial charge is 0.0640 e. The Labute approximate surface area is 80.1 Å². The van der Waals surface area contributed by atoms with Gasteiger partial charge in [0.2, 0.25) is 0 Å². The molecular weight excluding hydrogens is 166 g/mol. The minimum atomic E-state index is 0.745. The zero-order valence-corrected chi connectivity index (χ0v) is 8.41. The summed E-state index contributed by atoms with van der Waals surface area (Å²) in [4.78, 5) is 2.29. The minimum absolute atomic E-state index is 0.745. The molecule has 1 heterocycles. The Bertz CT molecular complexity index is 163. The number of thiocarbonyl (C=S) groups is 1. The van der Waals surface area contributed by atoms with E-state index in [1.54, 1.807) is 0 Å². The molecule has 1 saturated heterocycles. The minimum Gasteiger partial charge on any atom is -0.369 e. The fraction of sp³-hybridized carbons (Fsp3) is 0.900. The van der Waals surface area contributed by atoms with Gasteiger partial charge in [-0.2, -0.15) is 0 Å². The zero-order valence-electron chi connectivity index (χ0n) is 7.59. The molecule has 0 atom stereocenters. The molecule has 1 spiro atoms. The topological polar surface area (TPSA) is 3.24 Å². The molecule has 0 aromatic heterocycles. The van der Waals surface area contributed by atoms with Crippen LogP contribution in [0.1, 0.15) is 38.5 Å². The van der Waals surface area contributed by atoms with Gasteiger partial charge < -0.3 is 4.90 Å². The van der Waals surface area contributed by atoms with E-state index in [1.807, 2.05) is 5.49 Å². The van der Waals surface area contributed by atoms with E-state index in [2.05, 4.69) is 4.90 Å². The highest BCUT2D eigenvalue weighted by Gasteiger charge is 2.36. The van der Waals surface area contributed by atoms with E-state index in [0.717, 1.165) is 5.41 Å². The van der Waals surface area contributed by atoms with Crippen LogP contribution in [0.3, 0.4) is 0 Å². The highest BCUT2D eigenvalue weighted by Crippen LogP contribution is 2.45. The van der Waals surface area contributed by atoms with Gasteiger partial charge in [-0.1, -0.05) is 25.1 Å².